The van der Waals surface area contributed by atoms with E-state index in [1.165, 1.54) is 10.2 Å². The third-order valence-electron chi connectivity index (χ3n) is 3.44. The van der Waals surface area contributed by atoms with Crippen LogP contribution in [0, 0.1) is 0 Å². The maximum absolute atomic E-state index is 12.0. The molecule has 4 heteroatoms. The van der Waals surface area contributed by atoms with Crippen molar-refractivity contribution in [1.29, 1.82) is 0 Å². The van der Waals surface area contributed by atoms with Crippen LogP contribution in [-0.4, -0.2) is 9.78 Å². The van der Waals surface area contributed by atoms with Crippen LogP contribution in [0.15, 0.2) is 35.1 Å². The largest absolute Gasteiger partial charge is 0.326 e. The molecule has 4 nitrogen and oxygen atoms in total. The Bertz CT molecular complexity index is 614. The van der Waals surface area contributed by atoms with Crippen LogP contribution in [0.3, 0.4) is 0 Å². The van der Waals surface area contributed by atoms with E-state index in [0.717, 1.165) is 11.3 Å². The van der Waals surface area contributed by atoms with Gasteiger partial charge in [-0.05, 0) is 24.5 Å². The van der Waals surface area contributed by atoms with Gasteiger partial charge in [-0.3, -0.25) is 4.79 Å². The maximum Gasteiger partial charge on any atom is 0.271 e. The zero-order valence-corrected chi connectivity index (χ0v) is 12.3. The van der Waals surface area contributed by atoms with Gasteiger partial charge in [0.1, 0.15) is 0 Å². The SMILES string of the molecule is CCn1nc(-c2ccc(C(C)C)cc2)cc(CN)c1=O. The number of hydrogen-bond donors (Lipinski definition) is 1. The first-order valence-electron chi connectivity index (χ1n) is 6.98. The van der Waals surface area contributed by atoms with Crippen LogP contribution < -0.4 is 11.3 Å². The summed E-state index contributed by atoms with van der Waals surface area (Å²) in [6.07, 6.45) is 0. The Hall–Kier alpha value is -1.94. The summed E-state index contributed by atoms with van der Waals surface area (Å²) >= 11 is 0. The van der Waals surface area contributed by atoms with E-state index < -0.39 is 0 Å². The number of hydrogen-bond acceptors (Lipinski definition) is 3. The van der Waals surface area contributed by atoms with Crippen molar-refractivity contribution < 1.29 is 0 Å². The molecule has 0 aliphatic heterocycles. The minimum absolute atomic E-state index is 0.0995. The Morgan fingerprint density at radius 1 is 1.25 bits per heavy atom. The Morgan fingerprint density at radius 2 is 1.90 bits per heavy atom. The van der Waals surface area contributed by atoms with Crippen molar-refractivity contribution in [2.45, 2.75) is 39.8 Å². The van der Waals surface area contributed by atoms with Crippen molar-refractivity contribution in [3.05, 3.63) is 51.8 Å². The van der Waals surface area contributed by atoms with Crippen molar-refractivity contribution in [2.75, 3.05) is 0 Å². The minimum atomic E-state index is -0.0995. The number of nitrogens with two attached hydrogens (primary N) is 1. The highest BCUT2D eigenvalue weighted by Crippen LogP contribution is 2.21. The number of benzene rings is 1. The van der Waals surface area contributed by atoms with Crippen LogP contribution in [0.2, 0.25) is 0 Å². The van der Waals surface area contributed by atoms with Gasteiger partial charge < -0.3 is 5.73 Å². The van der Waals surface area contributed by atoms with E-state index in [0.29, 0.717) is 18.0 Å². The van der Waals surface area contributed by atoms with Crippen molar-refractivity contribution in [1.82, 2.24) is 9.78 Å². The highest BCUT2D eigenvalue weighted by Gasteiger charge is 2.08. The first kappa shape index (κ1) is 14.5. The Balaban J connectivity index is 2.49. The van der Waals surface area contributed by atoms with E-state index in [1.807, 2.05) is 19.1 Å². The summed E-state index contributed by atoms with van der Waals surface area (Å²) < 4.78 is 1.47. The van der Waals surface area contributed by atoms with Crippen molar-refractivity contribution in [2.24, 2.45) is 5.73 Å². The number of aryl methyl sites for hydroxylation is 1. The predicted octanol–water partition coefficient (Wildman–Crippen LogP) is 2.51. The van der Waals surface area contributed by atoms with Crippen molar-refractivity contribution >= 4 is 0 Å². The van der Waals surface area contributed by atoms with Gasteiger partial charge in [-0.15, -0.1) is 0 Å². The summed E-state index contributed by atoms with van der Waals surface area (Å²) in [7, 11) is 0. The zero-order chi connectivity index (χ0) is 14.7. The van der Waals surface area contributed by atoms with Crippen LogP contribution in [0.1, 0.15) is 37.8 Å². The molecule has 0 saturated carbocycles. The van der Waals surface area contributed by atoms with E-state index in [9.17, 15) is 4.79 Å². The molecule has 0 aliphatic carbocycles. The Morgan fingerprint density at radius 3 is 2.40 bits per heavy atom. The Labute approximate surface area is 119 Å². The smallest absolute Gasteiger partial charge is 0.271 e. The molecule has 0 amide bonds. The molecular formula is C16H21N3O. The lowest BCUT2D eigenvalue weighted by atomic mass is 10.0. The molecule has 106 valence electrons. The van der Waals surface area contributed by atoms with E-state index >= 15 is 0 Å². The summed E-state index contributed by atoms with van der Waals surface area (Å²) in [4.78, 5) is 12.0. The normalized spacial score (nSPS) is 11.1. The molecule has 2 aromatic rings. The monoisotopic (exact) mass is 271 g/mol. The van der Waals surface area contributed by atoms with E-state index in [2.05, 4.69) is 31.1 Å². The molecule has 0 radical (unpaired) electrons. The second-order valence-corrected chi connectivity index (χ2v) is 5.16. The first-order valence-corrected chi connectivity index (χ1v) is 6.98. The molecule has 0 fully saturated rings. The molecule has 2 N–H and O–H groups in total. The predicted molar refractivity (Wildman–Crippen MR) is 81.6 cm³/mol. The molecular weight excluding hydrogens is 250 g/mol. The van der Waals surface area contributed by atoms with Gasteiger partial charge in [0.2, 0.25) is 0 Å². The molecule has 1 aromatic carbocycles. The van der Waals surface area contributed by atoms with E-state index in [4.69, 9.17) is 5.73 Å². The van der Waals surface area contributed by atoms with Crippen LogP contribution in [-0.2, 0) is 13.1 Å². The lowest BCUT2D eigenvalue weighted by Gasteiger charge is -2.10. The molecule has 0 bridgehead atoms. The highest BCUT2D eigenvalue weighted by molar-refractivity contribution is 5.59. The fourth-order valence-electron chi connectivity index (χ4n) is 2.14. The molecule has 20 heavy (non-hydrogen) atoms. The van der Waals surface area contributed by atoms with Gasteiger partial charge >= 0.3 is 0 Å². The van der Waals surface area contributed by atoms with Gasteiger partial charge in [-0.2, -0.15) is 5.10 Å². The summed E-state index contributed by atoms with van der Waals surface area (Å²) in [5.74, 6) is 0.501. The standard InChI is InChI=1S/C16H21N3O/c1-4-19-16(20)14(10-17)9-15(18-19)13-7-5-12(6-8-13)11(2)3/h5-9,11H,4,10,17H2,1-3H3. The topological polar surface area (TPSA) is 60.9 Å². The number of aromatic nitrogens is 2. The summed E-state index contributed by atoms with van der Waals surface area (Å²) in [5.41, 5.74) is 9.23. The minimum Gasteiger partial charge on any atom is -0.326 e. The summed E-state index contributed by atoms with van der Waals surface area (Å²) in [6.45, 7) is 7.01. The molecule has 0 spiro atoms. The van der Waals surface area contributed by atoms with Gasteiger partial charge in [0.15, 0.2) is 0 Å². The fraction of sp³-hybridized carbons (Fsp3) is 0.375. The van der Waals surface area contributed by atoms with Gasteiger partial charge in [0.25, 0.3) is 5.56 Å². The van der Waals surface area contributed by atoms with Crippen LogP contribution >= 0.6 is 0 Å². The van der Waals surface area contributed by atoms with Crippen LogP contribution in [0.4, 0.5) is 0 Å². The quantitative estimate of drug-likeness (QED) is 0.929. The molecule has 0 unspecified atom stereocenters. The highest BCUT2D eigenvalue weighted by atomic mass is 16.1. The van der Waals surface area contributed by atoms with Crippen LogP contribution in [0.5, 0.6) is 0 Å². The third-order valence-corrected chi connectivity index (χ3v) is 3.44. The van der Waals surface area contributed by atoms with Gasteiger partial charge in [-0.1, -0.05) is 38.1 Å². The average molecular weight is 271 g/mol. The molecule has 0 saturated heterocycles. The third kappa shape index (κ3) is 2.80. The van der Waals surface area contributed by atoms with Gasteiger partial charge in [-0.25, -0.2) is 4.68 Å². The van der Waals surface area contributed by atoms with Crippen molar-refractivity contribution in [3.8, 4) is 11.3 Å². The Kier molecular flexibility index (Phi) is 4.35. The number of rotatable bonds is 4. The van der Waals surface area contributed by atoms with Crippen molar-refractivity contribution in [3.63, 3.8) is 0 Å². The molecule has 2 rings (SSSR count). The fourth-order valence-corrected chi connectivity index (χ4v) is 2.14. The second-order valence-electron chi connectivity index (χ2n) is 5.16. The maximum atomic E-state index is 12.0. The molecule has 0 aliphatic rings. The molecule has 1 heterocycles. The molecule has 0 atom stereocenters. The van der Waals surface area contributed by atoms with Crippen LogP contribution in [0.25, 0.3) is 11.3 Å². The number of nitrogens with zero attached hydrogens (tertiary/aromatic N) is 2. The van der Waals surface area contributed by atoms with Gasteiger partial charge in [0.05, 0.1) is 5.69 Å². The summed E-state index contributed by atoms with van der Waals surface area (Å²) in [5, 5.41) is 4.39. The van der Waals surface area contributed by atoms with Gasteiger partial charge in [0, 0.05) is 24.2 Å². The van der Waals surface area contributed by atoms with E-state index in [-0.39, 0.29) is 12.1 Å². The lowest BCUT2D eigenvalue weighted by Crippen LogP contribution is -2.27. The lowest BCUT2D eigenvalue weighted by molar-refractivity contribution is 0.610. The average Bonchev–Trinajstić information content (AvgIpc) is 2.47. The zero-order valence-electron chi connectivity index (χ0n) is 12.3. The molecule has 1 aromatic heterocycles. The summed E-state index contributed by atoms with van der Waals surface area (Å²) in [6, 6.07) is 10.1. The second kappa shape index (κ2) is 6.01. The van der Waals surface area contributed by atoms with E-state index in [1.54, 1.807) is 6.07 Å². The first-order chi connectivity index (χ1) is 9.56.